The first-order chi connectivity index (χ1) is 9.08. The van der Waals surface area contributed by atoms with Crippen molar-refractivity contribution in [1.82, 2.24) is 5.32 Å². The number of nitrogens with one attached hydrogen (secondary N) is 1. The van der Waals surface area contributed by atoms with Gasteiger partial charge < -0.3 is 5.32 Å². The number of halogens is 1. The first-order valence-corrected chi connectivity index (χ1v) is 7.45. The standard InChI is InChI=1S/C13H13BrN2O2S/c1-9(13-3-2-6-19-13)15-8-10-4-5-11(16(17)18)7-12(10)14/h2-7,9,15H,8H2,1H3/t9-/m0/s1. The van der Waals surface area contributed by atoms with Crippen LogP contribution in [0.5, 0.6) is 0 Å². The zero-order valence-electron chi connectivity index (χ0n) is 10.3. The fraction of sp³-hybridized carbons (Fsp3) is 0.231. The van der Waals surface area contributed by atoms with E-state index in [0.717, 1.165) is 10.0 Å². The fourth-order valence-electron chi connectivity index (χ4n) is 1.69. The molecule has 19 heavy (non-hydrogen) atoms. The number of thiophene rings is 1. The average molecular weight is 341 g/mol. The Morgan fingerprint density at radius 3 is 2.84 bits per heavy atom. The van der Waals surface area contributed by atoms with Gasteiger partial charge in [-0.25, -0.2) is 0 Å². The van der Waals surface area contributed by atoms with Crippen LogP contribution in [0.15, 0.2) is 40.2 Å². The second-order valence-corrected chi connectivity index (χ2v) is 5.98. The number of benzene rings is 1. The van der Waals surface area contributed by atoms with Crippen LogP contribution in [0.1, 0.15) is 23.4 Å². The monoisotopic (exact) mass is 340 g/mol. The van der Waals surface area contributed by atoms with Crippen LogP contribution in [0.25, 0.3) is 0 Å². The maximum Gasteiger partial charge on any atom is 0.270 e. The minimum absolute atomic E-state index is 0.0990. The summed E-state index contributed by atoms with van der Waals surface area (Å²) >= 11 is 5.09. The number of non-ortho nitro benzene ring substituents is 1. The summed E-state index contributed by atoms with van der Waals surface area (Å²) in [6.07, 6.45) is 0. The quantitative estimate of drug-likeness (QED) is 0.653. The summed E-state index contributed by atoms with van der Waals surface area (Å²) in [5, 5.41) is 16.1. The van der Waals surface area contributed by atoms with E-state index in [2.05, 4.69) is 39.6 Å². The zero-order valence-corrected chi connectivity index (χ0v) is 12.7. The molecule has 4 nitrogen and oxygen atoms in total. The molecule has 6 heteroatoms. The highest BCUT2D eigenvalue weighted by molar-refractivity contribution is 9.10. The normalized spacial score (nSPS) is 12.3. The van der Waals surface area contributed by atoms with E-state index in [-0.39, 0.29) is 11.7 Å². The Bertz CT molecular complexity index is 572. The fourth-order valence-corrected chi connectivity index (χ4v) is 2.96. The van der Waals surface area contributed by atoms with E-state index in [9.17, 15) is 10.1 Å². The molecule has 0 spiro atoms. The number of nitro groups is 1. The molecule has 1 N–H and O–H groups in total. The lowest BCUT2D eigenvalue weighted by Gasteiger charge is -2.13. The van der Waals surface area contributed by atoms with Crippen LogP contribution in [0.4, 0.5) is 5.69 Å². The van der Waals surface area contributed by atoms with Gasteiger partial charge >= 0.3 is 0 Å². The third-order valence-corrected chi connectivity index (χ3v) is 4.61. The van der Waals surface area contributed by atoms with Gasteiger partial charge in [-0.3, -0.25) is 10.1 Å². The molecule has 0 fully saturated rings. The molecule has 1 atom stereocenters. The van der Waals surface area contributed by atoms with E-state index in [4.69, 9.17) is 0 Å². The third-order valence-electron chi connectivity index (χ3n) is 2.82. The summed E-state index contributed by atoms with van der Waals surface area (Å²) < 4.78 is 0.757. The summed E-state index contributed by atoms with van der Waals surface area (Å²) in [5.41, 5.74) is 1.11. The molecule has 0 saturated heterocycles. The SMILES string of the molecule is C[C@H](NCc1ccc([N+](=O)[O-])cc1Br)c1cccs1. The van der Waals surface area contributed by atoms with Gasteiger partial charge in [0.25, 0.3) is 5.69 Å². The Labute approximate surface area is 123 Å². The highest BCUT2D eigenvalue weighted by Gasteiger charge is 2.10. The van der Waals surface area contributed by atoms with Gasteiger partial charge in [0.05, 0.1) is 4.92 Å². The van der Waals surface area contributed by atoms with Crippen molar-refractivity contribution >= 4 is 33.0 Å². The molecule has 1 aromatic carbocycles. The van der Waals surface area contributed by atoms with Crippen LogP contribution in [0, 0.1) is 10.1 Å². The largest absolute Gasteiger partial charge is 0.305 e. The molecule has 0 aliphatic rings. The number of nitro benzene ring substituents is 1. The molecular formula is C13H13BrN2O2S. The topological polar surface area (TPSA) is 55.2 Å². The van der Waals surface area contributed by atoms with Crippen molar-refractivity contribution in [3.05, 3.63) is 60.7 Å². The van der Waals surface area contributed by atoms with Gasteiger partial charge in [0, 0.05) is 34.1 Å². The van der Waals surface area contributed by atoms with Crippen LogP contribution in [-0.2, 0) is 6.54 Å². The van der Waals surface area contributed by atoms with Crippen molar-refractivity contribution in [2.45, 2.75) is 19.5 Å². The van der Waals surface area contributed by atoms with Gasteiger partial charge in [-0.2, -0.15) is 0 Å². The summed E-state index contributed by atoms with van der Waals surface area (Å²) in [4.78, 5) is 11.5. The van der Waals surface area contributed by atoms with Gasteiger partial charge in [-0.15, -0.1) is 11.3 Å². The highest BCUT2D eigenvalue weighted by Crippen LogP contribution is 2.24. The van der Waals surface area contributed by atoms with Gasteiger partial charge in [0.15, 0.2) is 0 Å². The molecular weight excluding hydrogens is 328 g/mol. The van der Waals surface area contributed by atoms with Crippen molar-refractivity contribution in [2.75, 3.05) is 0 Å². The molecule has 0 amide bonds. The molecule has 0 aliphatic carbocycles. The Kier molecular flexibility index (Phi) is 4.68. The number of nitrogens with zero attached hydrogens (tertiary/aromatic N) is 1. The van der Waals surface area contributed by atoms with E-state index < -0.39 is 4.92 Å². The Hall–Kier alpha value is -1.24. The van der Waals surface area contributed by atoms with Gasteiger partial charge in [-0.1, -0.05) is 22.0 Å². The molecule has 0 unspecified atom stereocenters. The maximum atomic E-state index is 10.7. The van der Waals surface area contributed by atoms with E-state index in [0.29, 0.717) is 6.54 Å². The summed E-state index contributed by atoms with van der Waals surface area (Å²) in [5.74, 6) is 0. The minimum atomic E-state index is -0.393. The number of hydrogen-bond donors (Lipinski definition) is 1. The lowest BCUT2D eigenvalue weighted by atomic mass is 10.2. The first kappa shape index (κ1) is 14.2. The van der Waals surface area contributed by atoms with Gasteiger partial charge in [-0.05, 0) is 30.0 Å². The second-order valence-electron chi connectivity index (χ2n) is 4.15. The van der Waals surface area contributed by atoms with Crippen LogP contribution in [-0.4, -0.2) is 4.92 Å². The van der Waals surface area contributed by atoms with Crippen molar-refractivity contribution in [1.29, 1.82) is 0 Å². The van der Waals surface area contributed by atoms with E-state index in [1.165, 1.54) is 17.0 Å². The molecule has 0 saturated carbocycles. The minimum Gasteiger partial charge on any atom is -0.305 e. The summed E-state index contributed by atoms with van der Waals surface area (Å²) in [6, 6.07) is 9.22. The Morgan fingerprint density at radius 2 is 2.26 bits per heavy atom. The zero-order chi connectivity index (χ0) is 13.8. The molecule has 2 aromatic rings. The summed E-state index contributed by atoms with van der Waals surface area (Å²) in [6.45, 7) is 2.77. The Morgan fingerprint density at radius 1 is 1.47 bits per heavy atom. The maximum absolute atomic E-state index is 10.7. The van der Waals surface area contributed by atoms with Crippen molar-refractivity contribution in [2.24, 2.45) is 0 Å². The predicted molar refractivity (Wildman–Crippen MR) is 80.4 cm³/mol. The number of hydrogen-bond acceptors (Lipinski definition) is 4. The molecule has 2 rings (SSSR count). The summed E-state index contributed by atoms with van der Waals surface area (Å²) in [7, 11) is 0. The number of rotatable bonds is 5. The van der Waals surface area contributed by atoms with Crippen molar-refractivity contribution in [3.8, 4) is 0 Å². The first-order valence-electron chi connectivity index (χ1n) is 5.77. The molecule has 0 bridgehead atoms. The Balaban J connectivity index is 2.02. The lowest BCUT2D eigenvalue weighted by molar-refractivity contribution is -0.384. The van der Waals surface area contributed by atoms with Crippen LogP contribution < -0.4 is 5.32 Å². The molecule has 1 heterocycles. The van der Waals surface area contributed by atoms with Gasteiger partial charge in [0.1, 0.15) is 0 Å². The second kappa shape index (κ2) is 6.27. The van der Waals surface area contributed by atoms with E-state index in [1.807, 2.05) is 6.07 Å². The van der Waals surface area contributed by atoms with E-state index in [1.54, 1.807) is 17.4 Å². The van der Waals surface area contributed by atoms with Gasteiger partial charge in [0.2, 0.25) is 0 Å². The van der Waals surface area contributed by atoms with Crippen LogP contribution in [0.3, 0.4) is 0 Å². The molecule has 1 aromatic heterocycles. The molecule has 100 valence electrons. The van der Waals surface area contributed by atoms with Crippen molar-refractivity contribution in [3.63, 3.8) is 0 Å². The van der Waals surface area contributed by atoms with E-state index >= 15 is 0 Å². The smallest absolute Gasteiger partial charge is 0.270 e. The molecule has 0 aliphatic heterocycles. The van der Waals surface area contributed by atoms with Crippen LogP contribution >= 0.6 is 27.3 Å². The third kappa shape index (κ3) is 3.62. The predicted octanol–water partition coefficient (Wildman–Crippen LogP) is 4.27. The van der Waals surface area contributed by atoms with Crippen LogP contribution in [0.2, 0.25) is 0 Å². The molecule has 0 radical (unpaired) electrons. The lowest BCUT2D eigenvalue weighted by Crippen LogP contribution is -2.17. The van der Waals surface area contributed by atoms with Crippen molar-refractivity contribution < 1.29 is 4.92 Å². The average Bonchev–Trinajstić information content (AvgIpc) is 2.90. The highest BCUT2D eigenvalue weighted by atomic mass is 79.9.